The molecule has 3 unspecified atom stereocenters. The molecule has 0 fully saturated rings. The molecule has 0 bridgehead atoms. The highest BCUT2D eigenvalue weighted by Crippen LogP contribution is 2.45. The van der Waals surface area contributed by atoms with E-state index in [0.29, 0.717) is 25.7 Å². The molecule has 0 amide bonds. The Bertz CT molecular complexity index is 1770. The van der Waals surface area contributed by atoms with Crippen molar-refractivity contribution in [3.05, 3.63) is 0 Å². The first-order valence-electron chi connectivity index (χ1n) is 37.5. The van der Waals surface area contributed by atoms with Crippen LogP contribution >= 0.6 is 15.6 Å². The van der Waals surface area contributed by atoms with Crippen molar-refractivity contribution in [2.24, 2.45) is 11.8 Å². The van der Waals surface area contributed by atoms with E-state index in [1.807, 2.05) is 0 Å². The van der Waals surface area contributed by atoms with Gasteiger partial charge in [0, 0.05) is 25.7 Å². The molecule has 0 aliphatic heterocycles. The van der Waals surface area contributed by atoms with Gasteiger partial charge in [0.1, 0.15) is 19.3 Å². The second-order valence-corrected chi connectivity index (χ2v) is 29.6. The number of aliphatic hydroxyl groups is 1. The fourth-order valence-electron chi connectivity index (χ4n) is 10.9. The topological polar surface area (TPSA) is 237 Å². The molecule has 0 spiro atoms. The van der Waals surface area contributed by atoms with Crippen LogP contribution < -0.4 is 0 Å². The summed E-state index contributed by atoms with van der Waals surface area (Å²) in [5.74, 6) is -0.561. The maximum atomic E-state index is 13.0. The van der Waals surface area contributed by atoms with Crippen molar-refractivity contribution < 1.29 is 80.2 Å². The normalized spacial score (nSPS) is 14.4. The second-order valence-electron chi connectivity index (χ2n) is 26.7. The molecule has 0 saturated heterocycles. The Balaban J connectivity index is 5.21. The summed E-state index contributed by atoms with van der Waals surface area (Å²) in [6, 6.07) is 0. The van der Waals surface area contributed by atoms with E-state index in [9.17, 15) is 43.2 Å². The highest BCUT2D eigenvalue weighted by molar-refractivity contribution is 7.47. The maximum Gasteiger partial charge on any atom is 0.472 e. The largest absolute Gasteiger partial charge is 0.472 e. The van der Waals surface area contributed by atoms with Crippen LogP contribution in [0.3, 0.4) is 0 Å². The minimum Gasteiger partial charge on any atom is -0.462 e. The SMILES string of the molecule is CCCCCCCCCCCCCCCCCC(=O)OC[C@H](COP(=O)(O)OC[C@@H](O)COP(=O)(O)OC[C@@H](COC(=O)CCCCCCCCC)OC(=O)CCCCCCCCCCC(C)CC)OC(=O)CCCCCCCCCCCCCCCCC(C)C. The number of phosphoric acid groups is 2. The van der Waals surface area contributed by atoms with Gasteiger partial charge in [0.25, 0.3) is 0 Å². The number of carbonyl (C=O) groups excluding carboxylic acids is 4. The Hall–Kier alpha value is -1.94. The van der Waals surface area contributed by atoms with E-state index in [2.05, 4.69) is 41.5 Å². The fraction of sp³-hybridized carbons (Fsp3) is 0.944. The Kier molecular flexibility index (Phi) is 62.7. The van der Waals surface area contributed by atoms with E-state index in [1.54, 1.807) is 0 Å². The van der Waals surface area contributed by atoms with Gasteiger partial charge < -0.3 is 33.8 Å². The van der Waals surface area contributed by atoms with E-state index in [-0.39, 0.29) is 25.7 Å². The summed E-state index contributed by atoms with van der Waals surface area (Å²) in [7, 11) is -9.90. The summed E-state index contributed by atoms with van der Waals surface area (Å²) in [6.07, 6.45) is 50.0. The molecule has 0 aromatic carbocycles. The van der Waals surface area contributed by atoms with E-state index >= 15 is 0 Å². The molecule has 91 heavy (non-hydrogen) atoms. The molecule has 6 atom stereocenters. The van der Waals surface area contributed by atoms with Gasteiger partial charge in [0.15, 0.2) is 12.2 Å². The van der Waals surface area contributed by atoms with Gasteiger partial charge in [0.2, 0.25) is 0 Å². The molecular weight excluding hydrogens is 1200 g/mol. The van der Waals surface area contributed by atoms with Crippen molar-refractivity contribution in [1.82, 2.24) is 0 Å². The summed E-state index contributed by atoms with van der Waals surface area (Å²) < 4.78 is 68.3. The number of carbonyl (C=O) groups is 4. The minimum atomic E-state index is -4.95. The molecular formula is C72H140O17P2. The zero-order valence-corrected chi connectivity index (χ0v) is 60.9. The molecule has 0 aromatic heterocycles. The van der Waals surface area contributed by atoms with Crippen LogP contribution in [0.2, 0.25) is 0 Å². The van der Waals surface area contributed by atoms with Gasteiger partial charge in [0.05, 0.1) is 26.4 Å². The molecule has 19 heteroatoms. The minimum absolute atomic E-state index is 0.105. The average Bonchev–Trinajstić information content (AvgIpc) is 3.70. The fourth-order valence-corrected chi connectivity index (χ4v) is 12.5. The molecule has 540 valence electrons. The smallest absolute Gasteiger partial charge is 0.462 e. The predicted octanol–water partition coefficient (Wildman–Crippen LogP) is 20.8. The van der Waals surface area contributed by atoms with Crippen molar-refractivity contribution in [1.29, 1.82) is 0 Å². The lowest BCUT2D eigenvalue weighted by atomic mass is 9.99. The summed E-state index contributed by atoms with van der Waals surface area (Å²) in [4.78, 5) is 72.5. The maximum absolute atomic E-state index is 13.0. The Morgan fingerprint density at radius 2 is 0.560 bits per heavy atom. The number of esters is 4. The van der Waals surface area contributed by atoms with Gasteiger partial charge in [-0.3, -0.25) is 37.3 Å². The van der Waals surface area contributed by atoms with Gasteiger partial charge in [-0.25, -0.2) is 9.13 Å². The number of aliphatic hydroxyl groups excluding tert-OH is 1. The third kappa shape index (κ3) is 65.1. The number of rotatable bonds is 71. The first kappa shape index (κ1) is 89.1. The van der Waals surface area contributed by atoms with Crippen LogP contribution in [0.4, 0.5) is 0 Å². The van der Waals surface area contributed by atoms with Crippen LogP contribution in [0.5, 0.6) is 0 Å². The number of hydrogen-bond donors (Lipinski definition) is 3. The number of hydrogen-bond acceptors (Lipinski definition) is 15. The van der Waals surface area contributed by atoms with Gasteiger partial charge in [-0.1, -0.05) is 318 Å². The lowest BCUT2D eigenvalue weighted by Crippen LogP contribution is -2.30. The number of phosphoric ester groups is 2. The lowest BCUT2D eigenvalue weighted by Gasteiger charge is -2.21. The summed E-state index contributed by atoms with van der Waals surface area (Å²) >= 11 is 0. The third-order valence-electron chi connectivity index (χ3n) is 17.1. The van der Waals surface area contributed by atoms with Crippen molar-refractivity contribution in [2.45, 2.75) is 387 Å². The highest BCUT2D eigenvalue weighted by Gasteiger charge is 2.30. The van der Waals surface area contributed by atoms with Crippen LogP contribution in [-0.4, -0.2) is 96.7 Å². The van der Waals surface area contributed by atoms with Crippen LogP contribution in [0.1, 0.15) is 369 Å². The molecule has 0 radical (unpaired) electrons. The molecule has 0 aromatic rings. The van der Waals surface area contributed by atoms with Gasteiger partial charge in [-0.05, 0) is 37.5 Å². The van der Waals surface area contributed by atoms with Crippen LogP contribution in [0, 0.1) is 11.8 Å². The van der Waals surface area contributed by atoms with E-state index in [1.165, 1.54) is 173 Å². The molecule has 0 rings (SSSR count). The Morgan fingerprint density at radius 3 is 0.835 bits per heavy atom. The highest BCUT2D eigenvalue weighted by atomic mass is 31.2. The van der Waals surface area contributed by atoms with Crippen molar-refractivity contribution >= 4 is 39.5 Å². The van der Waals surface area contributed by atoms with E-state index < -0.39 is 97.5 Å². The predicted molar refractivity (Wildman–Crippen MR) is 368 cm³/mol. The van der Waals surface area contributed by atoms with E-state index in [0.717, 1.165) is 115 Å². The molecule has 0 aliphatic carbocycles. The van der Waals surface area contributed by atoms with Gasteiger partial charge in [-0.15, -0.1) is 0 Å². The Labute approximate surface area is 556 Å². The lowest BCUT2D eigenvalue weighted by molar-refractivity contribution is -0.161. The molecule has 0 aliphatic rings. The number of unbranched alkanes of at least 4 members (excludes halogenated alkanes) is 40. The van der Waals surface area contributed by atoms with Gasteiger partial charge in [-0.2, -0.15) is 0 Å². The summed E-state index contributed by atoms with van der Waals surface area (Å²) in [5.41, 5.74) is 0. The molecule has 3 N–H and O–H groups in total. The van der Waals surface area contributed by atoms with Crippen LogP contribution in [-0.2, 0) is 65.4 Å². The molecule has 0 heterocycles. The zero-order valence-electron chi connectivity index (χ0n) is 59.1. The van der Waals surface area contributed by atoms with Crippen molar-refractivity contribution in [2.75, 3.05) is 39.6 Å². The zero-order chi connectivity index (χ0) is 67.2. The van der Waals surface area contributed by atoms with Crippen molar-refractivity contribution in [3.8, 4) is 0 Å². The van der Waals surface area contributed by atoms with Gasteiger partial charge >= 0.3 is 39.5 Å². The quantitative estimate of drug-likeness (QED) is 0.0222. The monoisotopic (exact) mass is 1340 g/mol. The Morgan fingerprint density at radius 1 is 0.319 bits per heavy atom. The molecule has 17 nitrogen and oxygen atoms in total. The first-order valence-corrected chi connectivity index (χ1v) is 40.5. The van der Waals surface area contributed by atoms with Crippen molar-refractivity contribution in [3.63, 3.8) is 0 Å². The summed E-state index contributed by atoms with van der Waals surface area (Å²) in [6.45, 7) is 9.55. The average molecular weight is 1340 g/mol. The standard InChI is InChI=1S/C72H140O17P2/c1-7-10-12-14-16-17-18-19-20-24-27-30-37-43-49-55-70(75)83-61-68(88-71(76)56-50-44-38-31-28-25-22-21-23-26-29-35-40-46-52-64(4)5)63-87-91(80,81)85-59-66(73)58-84-90(78,79)86-62-67(60-82-69(74)54-48-42-34-15-13-11-8-2)89-72(77)57-51-45-39-33-32-36-41-47-53-65(6)9-3/h64-68,73H,7-63H2,1-6H3,(H,78,79)(H,80,81)/t65?,66-,67+,68+/m0/s1. The molecule has 0 saturated carbocycles. The van der Waals surface area contributed by atoms with Crippen LogP contribution in [0.25, 0.3) is 0 Å². The third-order valence-corrected chi connectivity index (χ3v) is 19.0. The van der Waals surface area contributed by atoms with Crippen LogP contribution in [0.15, 0.2) is 0 Å². The number of ether oxygens (including phenoxy) is 4. The summed E-state index contributed by atoms with van der Waals surface area (Å²) in [5, 5.41) is 10.6. The van der Waals surface area contributed by atoms with E-state index in [4.69, 9.17) is 37.0 Å². The second kappa shape index (κ2) is 64.1. The first-order chi connectivity index (χ1) is 43.9.